The molecule has 0 aliphatic carbocycles. The van der Waals surface area contributed by atoms with Gasteiger partial charge in [-0.25, -0.2) is 4.72 Å². The Morgan fingerprint density at radius 3 is 2.22 bits per heavy atom. The number of hydrogen-bond donors (Lipinski definition) is 1. The first-order valence-corrected chi connectivity index (χ1v) is 7.77. The second-order valence-corrected chi connectivity index (χ2v) is 7.09. The molecule has 100 valence electrons. The summed E-state index contributed by atoms with van der Waals surface area (Å²) in [7, 11) is -5.68. The quantitative estimate of drug-likeness (QED) is 0.629. The summed E-state index contributed by atoms with van der Waals surface area (Å²) >= 11 is 3.68. The van der Waals surface area contributed by atoms with Gasteiger partial charge in [-0.05, 0) is 63.4 Å². The van der Waals surface area contributed by atoms with Crippen LogP contribution in [0.2, 0.25) is 0 Å². The van der Waals surface area contributed by atoms with E-state index in [1.54, 1.807) is 22.6 Å². The normalized spacial score (nSPS) is 12.3. The van der Waals surface area contributed by atoms with Crippen molar-refractivity contribution >= 4 is 61.1 Å². The number of carbonyl (C=O) groups is 1. The Kier molecular flexibility index (Phi) is 4.86. The van der Waals surface area contributed by atoms with Crippen LogP contribution in [0, 0.1) is 7.14 Å². The molecule has 10 heteroatoms. The van der Waals surface area contributed by atoms with Crippen LogP contribution in [0.25, 0.3) is 0 Å². The van der Waals surface area contributed by atoms with Crippen molar-refractivity contribution in [3.63, 3.8) is 0 Å². The molecule has 0 aromatic heterocycles. The molecule has 0 saturated heterocycles. The summed E-state index contributed by atoms with van der Waals surface area (Å²) in [6.07, 6.45) is 0. The molecule has 1 N–H and O–H groups in total. The van der Waals surface area contributed by atoms with Gasteiger partial charge in [0.05, 0.1) is 5.56 Å². The monoisotopic (exact) mass is 505 g/mol. The largest absolute Gasteiger partial charge is 0.516 e. The van der Waals surface area contributed by atoms with E-state index in [9.17, 15) is 26.4 Å². The molecule has 0 spiro atoms. The zero-order chi connectivity index (χ0) is 14.1. The van der Waals surface area contributed by atoms with Crippen molar-refractivity contribution < 1.29 is 26.4 Å². The average Bonchev–Trinajstić information content (AvgIpc) is 2.14. The molecule has 0 aliphatic rings. The third-order valence-corrected chi connectivity index (χ3v) is 4.33. The maximum atomic E-state index is 12.1. The molecule has 1 amide bonds. The Hall–Kier alpha value is -0.110. The third kappa shape index (κ3) is 3.69. The Morgan fingerprint density at radius 1 is 1.22 bits per heavy atom. The molecule has 18 heavy (non-hydrogen) atoms. The third-order valence-electron chi connectivity index (χ3n) is 1.71. The van der Waals surface area contributed by atoms with Crippen molar-refractivity contribution in [2.45, 2.75) is 5.51 Å². The Bertz CT molecular complexity index is 586. The van der Waals surface area contributed by atoms with Gasteiger partial charge in [0.15, 0.2) is 0 Å². The first-order chi connectivity index (χ1) is 8.04. The van der Waals surface area contributed by atoms with E-state index in [-0.39, 0.29) is 5.56 Å². The number of benzene rings is 1. The van der Waals surface area contributed by atoms with E-state index in [4.69, 9.17) is 0 Å². The predicted octanol–water partition coefficient (Wildman–Crippen LogP) is 2.48. The molecule has 0 unspecified atom stereocenters. The second-order valence-electron chi connectivity index (χ2n) is 3.00. The minimum atomic E-state index is -5.68. The topological polar surface area (TPSA) is 63.2 Å². The Balaban J connectivity index is 3.04. The first-order valence-electron chi connectivity index (χ1n) is 4.13. The fraction of sp³-hybridized carbons (Fsp3) is 0.125. The molecule has 0 bridgehead atoms. The number of halogens is 5. The van der Waals surface area contributed by atoms with E-state index in [1.165, 1.54) is 18.2 Å². The number of rotatable bonds is 2. The fourth-order valence-electron chi connectivity index (χ4n) is 0.909. The lowest BCUT2D eigenvalue weighted by Crippen LogP contribution is -2.40. The summed E-state index contributed by atoms with van der Waals surface area (Å²) in [5.41, 5.74) is -5.65. The fourth-order valence-corrected chi connectivity index (χ4v) is 3.23. The second kappa shape index (κ2) is 5.48. The molecule has 0 fully saturated rings. The van der Waals surface area contributed by atoms with Crippen LogP contribution in [0.5, 0.6) is 0 Å². The van der Waals surface area contributed by atoms with Gasteiger partial charge in [0, 0.05) is 7.14 Å². The highest BCUT2D eigenvalue weighted by Crippen LogP contribution is 2.23. The molecule has 1 rings (SSSR count). The smallest absolute Gasteiger partial charge is 0.268 e. The zero-order valence-electron chi connectivity index (χ0n) is 8.25. The molecule has 1 aromatic rings. The minimum absolute atomic E-state index is 0.135. The molecule has 0 heterocycles. The van der Waals surface area contributed by atoms with Crippen LogP contribution >= 0.6 is 45.2 Å². The number of nitrogens with one attached hydrogen (secondary N) is 1. The van der Waals surface area contributed by atoms with E-state index in [0.717, 1.165) is 8.29 Å². The highest BCUT2D eigenvalue weighted by molar-refractivity contribution is 14.1. The summed E-state index contributed by atoms with van der Waals surface area (Å²) in [6, 6.07) is 4.28. The summed E-state index contributed by atoms with van der Waals surface area (Å²) in [5, 5.41) is 0. The lowest BCUT2D eigenvalue weighted by Gasteiger charge is -2.10. The van der Waals surface area contributed by atoms with Crippen LogP contribution in [0.15, 0.2) is 18.2 Å². The Labute approximate surface area is 128 Å². The van der Waals surface area contributed by atoms with Gasteiger partial charge < -0.3 is 0 Å². The lowest BCUT2D eigenvalue weighted by molar-refractivity contribution is -0.0446. The van der Waals surface area contributed by atoms with E-state index in [1.807, 2.05) is 22.6 Å². The SMILES string of the molecule is O=C(NS(=O)(=O)C(F)(F)F)c1ccc(I)cc1I. The highest BCUT2D eigenvalue weighted by atomic mass is 127. The van der Waals surface area contributed by atoms with Gasteiger partial charge in [0.2, 0.25) is 0 Å². The van der Waals surface area contributed by atoms with Gasteiger partial charge in [0.1, 0.15) is 0 Å². The zero-order valence-corrected chi connectivity index (χ0v) is 13.4. The summed E-state index contributed by atoms with van der Waals surface area (Å²) in [4.78, 5) is 11.4. The number of sulfonamides is 1. The summed E-state index contributed by atoms with van der Waals surface area (Å²) < 4.78 is 59.8. The maximum Gasteiger partial charge on any atom is 0.516 e. The molecule has 1 aromatic carbocycles. The molecule has 0 saturated carbocycles. The number of carbonyl (C=O) groups excluding carboxylic acids is 1. The van der Waals surface area contributed by atoms with Gasteiger partial charge in [-0.1, -0.05) is 0 Å². The minimum Gasteiger partial charge on any atom is -0.268 e. The summed E-state index contributed by atoms with van der Waals surface area (Å²) in [5.74, 6) is -1.31. The van der Waals surface area contributed by atoms with Crippen LogP contribution in [0.1, 0.15) is 10.4 Å². The average molecular weight is 505 g/mol. The van der Waals surface area contributed by atoms with Crippen molar-refractivity contribution in [2.24, 2.45) is 0 Å². The molecule has 0 aliphatic heterocycles. The van der Waals surface area contributed by atoms with Gasteiger partial charge >= 0.3 is 15.5 Å². The first kappa shape index (κ1) is 15.9. The van der Waals surface area contributed by atoms with Crippen molar-refractivity contribution in [3.8, 4) is 0 Å². The van der Waals surface area contributed by atoms with Crippen molar-refractivity contribution in [2.75, 3.05) is 0 Å². The van der Waals surface area contributed by atoms with Crippen LogP contribution in [0.3, 0.4) is 0 Å². The summed E-state index contributed by atoms with van der Waals surface area (Å²) in [6.45, 7) is 0. The standard InChI is InChI=1S/C8H4F3I2NO3S/c9-8(10,11)18(16,17)14-7(15)5-2-1-4(12)3-6(5)13/h1-3H,(H,14,15). The van der Waals surface area contributed by atoms with Crippen LogP contribution in [0.4, 0.5) is 13.2 Å². The molecule has 0 atom stereocenters. The van der Waals surface area contributed by atoms with Gasteiger partial charge in [-0.15, -0.1) is 0 Å². The Morgan fingerprint density at radius 2 is 1.78 bits per heavy atom. The van der Waals surface area contributed by atoms with Crippen molar-refractivity contribution in [1.82, 2.24) is 4.72 Å². The van der Waals surface area contributed by atoms with E-state index < -0.39 is 21.4 Å². The van der Waals surface area contributed by atoms with Gasteiger partial charge in [-0.2, -0.15) is 21.6 Å². The van der Waals surface area contributed by atoms with E-state index >= 15 is 0 Å². The van der Waals surface area contributed by atoms with E-state index in [2.05, 4.69) is 0 Å². The predicted molar refractivity (Wildman–Crippen MR) is 74.3 cm³/mol. The van der Waals surface area contributed by atoms with Crippen LogP contribution in [-0.2, 0) is 10.0 Å². The number of hydrogen-bond acceptors (Lipinski definition) is 3. The number of alkyl halides is 3. The van der Waals surface area contributed by atoms with Crippen molar-refractivity contribution in [3.05, 3.63) is 30.9 Å². The van der Waals surface area contributed by atoms with Gasteiger partial charge in [0.25, 0.3) is 5.91 Å². The molecule has 4 nitrogen and oxygen atoms in total. The molecular weight excluding hydrogens is 501 g/mol. The highest BCUT2D eigenvalue weighted by Gasteiger charge is 2.47. The van der Waals surface area contributed by atoms with Gasteiger partial charge in [-0.3, -0.25) is 4.79 Å². The van der Waals surface area contributed by atoms with Crippen molar-refractivity contribution in [1.29, 1.82) is 0 Å². The van der Waals surface area contributed by atoms with E-state index in [0.29, 0.717) is 3.57 Å². The molecular formula is C8H4F3I2NO3S. The number of amides is 1. The maximum absolute atomic E-state index is 12.1. The molecule has 0 radical (unpaired) electrons. The lowest BCUT2D eigenvalue weighted by atomic mass is 10.2. The van der Waals surface area contributed by atoms with Crippen LogP contribution in [-0.4, -0.2) is 19.8 Å². The van der Waals surface area contributed by atoms with Crippen LogP contribution < -0.4 is 4.72 Å².